The molecule has 2 bridgehead atoms. The lowest BCUT2D eigenvalue weighted by Crippen LogP contribution is -2.60. The molecule has 2 fully saturated rings. The molecule has 0 radical (unpaired) electrons. The summed E-state index contributed by atoms with van der Waals surface area (Å²) in [4.78, 5) is 17.3. The maximum atomic E-state index is 12.8. The van der Waals surface area contributed by atoms with Gasteiger partial charge in [-0.25, -0.2) is 4.98 Å². The van der Waals surface area contributed by atoms with Crippen molar-refractivity contribution in [1.29, 1.82) is 0 Å². The summed E-state index contributed by atoms with van der Waals surface area (Å²) in [7, 11) is 0. The highest BCUT2D eigenvalue weighted by Crippen LogP contribution is 2.43. The summed E-state index contributed by atoms with van der Waals surface area (Å²) >= 11 is 3.55. The normalized spacial score (nSPS) is 26.8. The van der Waals surface area contributed by atoms with Crippen LogP contribution < -0.4 is 10.6 Å². The highest BCUT2D eigenvalue weighted by Gasteiger charge is 2.48. The quantitative estimate of drug-likeness (QED) is 0.863. The van der Waals surface area contributed by atoms with E-state index in [1.165, 1.54) is 6.42 Å². The maximum Gasteiger partial charge on any atom is 0.224 e. The fraction of sp³-hybridized carbons (Fsp3) is 0.529. The Bertz CT molecular complexity index is 755. The summed E-state index contributed by atoms with van der Waals surface area (Å²) in [5.41, 5.74) is 0.497. The summed E-state index contributed by atoms with van der Waals surface area (Å²) < 4.78 is 3.04. The molecule has 4 rings (SSSR count). The number of amides is 1. The van der Waals surface area contributed by atoms with Gasteiger partial charge >= 0.3 is 0 Å². The molecule has 23 heavy (non-hydrogen) atoms. The minimum Gasteiger partial charge on any atom is -0.344 e. The number of pyridine rings is 1. The van der Waals surface area contributed by atoms with E-state index in [4.69, 9.17) is 0 Å². The van der Waals surface area contributed by atoms with Crippen molar-refractivity contribution in [2.24, 2.45) is 17.8 Å². The Morgan fingerprint density at radius 3 is 2.87 bits per heavy atom. The molecule has 2 N–H and O–H groups in total. The number of hydrogen-bond acceptors (Lipinski definition) is 3. The van der Waals surface area contributed by atoms with Crippen LogP contribution in [0.25, 0.3) is 5.52 Å². The number of halogens is 1. The van der Waals surface area contributed by atoms with E-state index in [2.05, 4.69) is 31.5 Å². The van der Waals surface area contributed by atoms with Crippen LogP contribution in [0.5, 0.6) is 0 Å². The van der Waals surface area contributed by atoms with Gasteiger partial charge in [0, 0.05) is 16.6 Å². The van der Waals surface area contributed by atoms with E-state index in [1.54, 1.807) is 0 Å². The summed E-state index contributed by atoms with van der Waals surface area (Å²) in [6, 6.07) is 3.97. The summed E-state index contributed by atoms with van der Waals surface area (Å²) in [5, 5.41) is 6.62. The zero-order valence-corrected chi connectivity index (χ0v) is 14.9. The molecule has 122 valence electrons. The lowest BCUT2D eigenvalue weighted by atomic mass is 9.61. The van der Waals surface area contributed by atoms with E-state index in [9.17, 15) is 4.79 Å². The average Bonchev–Trinajstić information content (AvgIpc) is 2.93. The Morgan fingerprint density at radius 1 is 1.43 bits per heavy atom. The van der Waals surface area contributed by atoms with Crippen LogP contribution in [0, 0.1) is 17.8 Å². The lowest BCUT2D eigenvalue weighted by Gasteiger charge is -2.49. The fourth-order valence-corrected chi connectivity index (χ4v) is 4.52. The van der Waals surface area contributed by atoms with E-state index < -0.39 is 5.54 Å². The van der Waals surface area contributed by atoms with Gasteiger partial charge in [0.15, 0.2) is 0 Å². The average molecular weight is 377 g/mol. The van der Waals surface area contributed by atoms with Gasteiger partial charge in [0.1, 0.15) is 5.82 Å². The van der Waals surface area contributed by atoms with Crippen molar-refractivity contribution >= 4 is 27.4 Å². The lowest BCUT2D eigenvalue weighted by molar-refractivity contribution is -0.138. The third kappa shape index (κ3) is 2.39. The molecule has 5 nitrogen and oxygen atoms in total. The second-order valence-electron chi connectivity index (χ2n) is 7.25. The number of aromatic nitrogens is 2. The topological polar surface area (TPSA) is 58.4 Å². The van der Waals surface area contributed by atoms with Crippen molar-refractivity contribution in [3.8, 4) is 0 Å². The smallest absolute Gasteiger partial charge is 0.224 e. The van der Waals surface area contributed by atoms with Gasteiger partial charge in [-0.05, 0) is 73.3 Å². The van der Waals surface area contributed by atoms with Gasteiger partial charge in [-0.3, -0.25) is 4.79 Å². The minimum atomic E-state index is -0.512. The molecule has 3 heterocycles. The van der Waals surface area contributed by atoms with E-state index >= 15 is 0 Å². The second kappa shape index (κ2) is 5.31. The van der Waals surface area contributed by atoms with E-state index in [1.807, 2.05) is 42.8 Å². The van der Waals surface area contributed by atoms with Crippen LogP contribution >= 0.6 is 15.9 Å². The van der Waals surface area contributed by atoms with Crippen LogP contribution in [0.1, 0.15) is 26.1 Å². The largest absolute Gasteiger partial charge is 0.344 e. The number of carbonyl (C=O) groups is 1. The number of piperidine rings is 2. The molecule has 1 aliphatic heterocycles. The first-order chi connectivity index (χ1) is 11.0. The third-order valence-corrected chi connectivity index (χ3v) is 5.92. The number of fused-ring (bicyclic) bond motifs is 3. The first kappa shape index (κ1) is 15.1. The third-order valence-electron chi connectivity index (χ3n) is 5.25. The van der Waals surface area contributed by atoms with Gasteiger partial charge in [-0.15, -0.1) is 0 Å². The fourth-order valence-electron chi connectivity index (χ4n) is 4.07. The van der Waals surface area contributed by atoms with Gasteiger partial charge in [0.2, 0.25) is 5.91 Å². The molecule has 6 heteroatoms. The van der Waals surface area contributed by atoms with Crippen LogP contribution in [-0.2, 0) is 10.3 Å². The Hall–Kier alpha value is -1.40. The molecule has 3 atom stereocenters. The van der Waals surface area contributed by atoms with Crippen molar-refractivity contribution < 1.29 is 4.79 Å². The van der Waals surface area contributed by atoms with Gasteiger partial charge < -0.3 is 15.0 Å². The molecule has 1 saturated heterocycles. The molecule has 0 spiro atoms. The number of imidazole rings is 1. The molecule has 2 aromatic heterocycles. The van der Waals surface area contributed by atoms with Crippen LogP contribution in [0.4, 0.5) is 0 Å². The predicted molar refractivity (Wildman–Crippen MR) is 92.0 cm³/mol. The number of nitrogens with zero attached hydrogens (tertiary/aromatic N) is 2. The second-order valence-corrected chi connectivity index (χ2v) is 8.10. The Labute approximate surface area is 144 Å². The standard InChI is InChI=1S/C17H21BrN4O/c1-17(2,16-20-9-13-12(18)4-3-5-22(13)16)21-15(23)14-10-6-11(14)8-19-7-10/h3-5,9-11,14,19H,6-8H2,1-2H3,(H,21,23)/t10-,11+,14?. The van der Waals surface area contributed by atoms with Crippen LogP contribution in [0.3, 0.4) is 0 Å². The number of hydrogen-bond donors (Lipinski definition) is 2. The van der Waals surface area contributed by atoms with Gasteiger partial charge in [0.05, 0.1) is 17.3 Å². The van der Waals surface area contributed by atoms with Crippen molar-refractivity contribution in [1.82, 2.24) is 20.0 Å². The summed E-state index contributed by atoms with van der Waals surface area (Å²) in [6.07, 6.45) is 5.01. The van der Waals surface area contributed by atoms with Gasteiger partial charge in [-0.2, -0.15) is 0 Å². The molecule has 2 aliphatic rings. The summed E-state index contributed by atoms with van der Waals surface area (Å²) in [6.45, 7) is 5.98. The van der Waals surface area contributed by atoms with Crippen molar-refractivity contribution in [2.75, 3.05) is 13.1 Å². The van der Waals surface area contributed by atoms with E-state index in [0.29, 0.717) is 11.8 Å². The molecule has 1 saturated carbocycles. The monoisotopic (exact) mass is 376 g/mol. The minimum absolute atomic E-state index is 0.161. The molecule has 2 aromatic rings. The Kier molecular flexibility index (Phi) is 3.50. The zero-order chi connectivity index (χ0) is 16.2. The molecule has 1 unspecified atom stereocenters. The Balaban J connectivity index is 1.59. The van der Waals surface area contributed by atoms with Crippen LogP contribution in [0.2, 0.25) is 0 Å². The van der Waals surface area contributed by atoms with Crippen LogP contribution in [0.15, 0.2) is 29.0 Å². The Morgan fingerprint density at radius 2 is 2.17 bits per heavy atom. The molecule has 1 aliphatic carbocycles. The van der Waals surface area contributed by atoms with Gasteiger partial charge in [-0.1, -0.05) is 0 Å². The molecular weight excluding hydrogens is 356 g/mol. The van der Waals surface area contributed by atoms with E-state index in [0.717, 1.165) is 28.9 Å². The van der Waals surface area contributed by atoms with Gasteiger partial charge in [0.25, 0.3) is 0 Å². The maximum absolute atomic E-state index is 12.8. The predicted octanol–water partition coefficient (Wildman–Crippen LogP) is 2.30. The first-order valence-electron chi connectivity index (χ1n) is 8.12. The highest BCUT2D eigenvalue weighted by atomic mass is 79.9. The highest BCUT2D eigenvalue weighted by molar-refractivity contribution is 9.10. The molecule has 0 aromatic carbocycles. The molecule has 1 amide bonds. The number of carbonyl (C=O) groups excluding carboxylic acids is 1. The number of nitrogens with one attached hydrogen (secondary N) is 2. The summed E-state index contributed by atoms with van der Waals surface area (Å²) in [5.74, 6) is 2.18. The van der Waals surface area contributed by atoms with Crippen LogP contribution in [-0.4, -0.2) is 28.4 Å². The molecular formula is C17H21BrN4O. The zero-order valence-electron chi connectivity index (χ0n) is 13.3. The first-order valence-corrected chi connectivity index (χ1v) is 8.91. The number of rotatable bonds is 3. The van der Waals surface area contributed by atoms with Crippen molar-refractivity contribution in [3.63, 3.8) is 0 Å². The van der Waals surface area contributed by atoms with Crippen molar-refractivity contribution in [2.45, 2.75) is 25.8 Å². The van der Waals surface area contributed by atoms with Crippen molar-refractivity contribution in [3.05, 3.63) is 34.8 Å². The SMILES string of the molecule is CC(C)(NC(=O)C1[C@@H]2CNC[C@H]1C2)c1ncc2c(Br)cccn12. The van der Waals surface area contributed by atoms with E-state index in [-0.39, 0.29) is 11.8 Å².